The summed E-state index contributed by atoms with van der Waals surface area (Å²) < 4.78 is 1.97. The van der Waals surface area contributed by atoms with E-state index in [2.05, 4.69) is 12.0 Å². The van der Waals surface area contributed by atoms with Crippen molar-refractivity contribution in [2.75, 3.05) is 0 Å². The predicted molar refractivity (Wildman–Crippen MR) is 91.4 cm³/mol. The SMILES string of the molecule is Cc1nn(-c2ccc(CN)cc2)c(C)c1-c1ccc(Cl)cc1. The van der Waals surface area contributed by atoms with E-state index in [4.69, 9.17) is 17.3 Å². The third kappa shape index (κ3) is 2.65. The van der Waals surface area contributed by atoms with Gasteiger partial charge in [-0.2, -0.15) is 5.10 Å². The highest BCUT2D eigenvalue weighted by Crippen LogP contribution is 2.29. The number of aryl methyl sites for hydroxylation is 1. The van der Waals surface area contributed by atoms with Crippen LogP contribution in [0.4, 0.5) is 0 Å². The lowest BCUT2D eigenvalue weighted by Crippen LogP contribution is -2.01. The van der Waals surface area contributed by atoms with Gasteiger partial charge in [-0.3, -0.25) is 0 Å². The van der Waals surface area contributed by atoms with E-state index in [0.717, 1.165) is 38.8 Å². The third-order valence-electron chi connectivity index (χ3n) is 3.84. The van der Waals surface area contributed by atoms with Crippen molar-refractivity contribution in [2.45, 2.75) is 20.4 Å². The molecule has 0 aliphatic heterocycles. The Kier molecular flexibility index (Phi) is 4.01. The number of nitrogens with two attached hydrogens (primary N) is 1. The number of benzene rings is 2. The molecule has 1 aromatic heterocycles. The van der Waals surface area contributed by atoms with E-state index in [1.807, 2.05) is 60.1 Å². The third-order valence-corrected chi connectivity index (χ3v) is 4.09. The van der Waals surface area contributed by atoms with Crippen LogP contribution >= 0.6 is 11.6 Å². The fourth-order valence-corrected chi connectivity index (χ4v) is 2.83. The lowest BCUT2D eigenvalue weighted by atomic mass is 10.0. The number of halogens is 1. The van der Waals surface area contributed by atoms with Gasteiger partial charge in [-0.05, 0) is 49.2 Å². The maximum Gasteiger partial charge on any atom is 0.0679 e. The minimum atomic E-state index is 0.549. The fourth-order valence-electron chi connectivity index (χ4n) is 2.70. The largest absolute Gasteiger partial charge is 0.326 e. The molecule has 2 N–H and O–H groups in total. The summed E-state index contributed by atoms with van der Waals surface area (Å²) in [5.41, 5.74) is 12.2. The second-order valence-electron chi connectivity index (χ2n) is 5.34. The Morgan fingerprint density at radius 2 is 1.64 bits per heavy atom. The van der Waals surface area contributed by atoms with E-state index in [1.165, 1.54) is 0 Å². The first kappa shape index (κ1) is 14.8. The van der Waals surface area contributed by atoms with Crippen molar-refractivity contribution in [2.24, 2.45) is 5.73 Å². The molecule has 1 heterocycles. The molecule has 0 aliphatic carbocycles. The second-order valence-corrected chi connectivity index (χ2v) is 5.77. The molecule has 22 heavy (non-hydrogen) atoms. The first-order chi connectivity index (χ1) is 10.6. The molecular weight excluding hydrogens is 294 g/mol. The van der Waals surface area contributed by atoms with Gasteiger partial charge < -0.3 is 5.73 Å². The van der Waals surface area contributed by atoms with E-state index >= 15 is 0 Å². The molecule has 4 heteroatoms. The first-order valence-corrected chi connectivity index (χ1v) is 7.59. The lowest BCUT2D eigenvalue weighted by Gasteiger charge is -2.07. The molecule has 0 bridgehead atoms. The van der Waals surface area contributed by atoms with Crippen LogP contribution in [0, 0.1) is 13.8 Å². The van der Waals surface area contributed by atoms with Crippen LogP contribution < -0.4 is 5.73 Å². The number of aromatic nitrogens is 2. The number of nitrogens with zero attached hydrogens (tertiary/aromatic N) is 2. The fraction of sp³-hybridized carbons (Fsp3) is 0.167. The van der Waals surface area contributed by atoms with Crippen LogP contribution in [-0.4, -0.2) is 9.78 Å². The van der Waals surface area contributed by atoms with E-state index < -0.39 is 0 Å². The summed E-state index contributed by atoms with van der Waals surface area (Å²) in [7, 11) is 0. The number of hydrogen-bond donors (Lipinski definition) is 1. The van der Waals surface area contributed by atoms with Crippen molar-refractivity contribution < 1.29 is 0 Å². The molecule has 3 aromatic rings. The summed E-state index contributed by atoms with van der Waals surface area (Å²) >= 11 is 5.98. The normalized spacial score (nSPS) is 10.9. The summed E-state index contributed by atoms with van der Waals surface area (Å²) in [5, 5.41) is 5.43. The number of rotatable bonds is 3. The van der Waals surface area contributed by atoms with Crippen LogP contribution in [-0.2, 0) is 6.54 Å². The molecular formula is C18H18ClN3. The molecule has 0 fully saturated rings. The van der Waals surface area contributed by atoms with Gasteiger partial charge in [0.2, 0.25) is 0 Å². The van der Waals surface area contributed by atoms with Gasteiger partial charge in [0.1, 0.15) is 0 Å². The van der Waals surface area contributed by atoms with Gasteiger partial charge in [0.25, 0.3) is 0 Å². The minimum Gasteiger partial charge on any atom is -0.326 e. The van der Waals surface area contributed by atoms with E-state index in [-0.39, 0.29) is 0 Å². The van der Waals surface area contributed by atoms with Crippen molar-refractivity contribution in [3.63, 3.8) is 0 Å². The van der Waals surface area contributed by atoms with Crippen LogP contribution in [0.3, 0.4) is 0 Å². The van der Waals surface area contributed by atoms with Crippen LogP contribution in [0.25, 0.3) is 16.8 Å². The maximum atomic E-state index is 5.98. The van der Waals surface area contributed by atoms with Crippen molar-refractivity contribution in [3.05, 3.63) is 70.5 Å². The van der Waals surface area contributed by atoms with Gasteiger partial charge in [-0.25, -0.2) is 4.68 Å². The molecule has 0 spiro atoms. The maximum absolute atomic E-state index is 5.98. The van der Waals surface area contributed by atoms with Gasteiger partial charge >= 0.3 is 0 Å². The molecule has 0 saturated heterocycles. The Morgan fingerprint density at radius 1 is 1.00 bits per heavy atom. The van der Waals surface area contributed by atoms with Gasteiger partial charge in [0.05, 0.1) is 11.4 Å². The van der Waals surface area contributed by atoms with Gasteiger partial charge in [-0.15, -0.1) is 0 Å². The molecule has 0 aliphatic rings. The van der Waals surface area contributed by atoms with Crippen molar-refractivity contribution >= 4 is 11.6 Å². The average molecular weight is 312 g/mol. The predicted octanol–water partition coefficient (Wildman–Crippen LogP) is 4.27. The summed E-state index contributed by atoms with van der Waals surface area (Å²) in [6, 6.07) is 16.0. The van der Waals surface area contributed by atoms with Gasteiger partial charge in [-0.1, -0.05) is 35.9 Å². The zero-order chi connectivity index (χ0) is 15.7. The second kappa shape index (κ2) is 5.95. The van der Waals surface area contributed by atoms with E-state index in [0.29, 0.717) is 6.54 Å². The summed E-state index contributed by atoms with van der Waals surface area (Å²) in [5.74, 6) is 0. The standard InChI is InChI=1S/C18H18ClN3/c1-12-18(15-5-7-16(19)8-6-15)13(2)22(21-12)17-9-3-14(11-20)4-10-17/h3-10H,11,20H2,1-2H3. The Bertz CT molecular complexity index is 786. The zero-order valence-electron chi connectivity index (χ0n) is 12.7. The molecule has 0 saturated carbocycles. The molecule has 0 amide bonds. The Balaban J connectivity index is 2.07. The summed E-state index contributed by atoms with van der Waals surface area (Å²) in [6.07, 6.45) is 0. The van der Waals surface area contributed by atoms with Gasteiger partial charge in [0, 0.05) is 22.8 Å². The smallest absolute Gasteiger partial charge is 0.0679 e. The van der Waals surface area contributed by atoms with Crippen molar-refractivity contribution in [1.82, 2.24) is 9.78 Å². The zero-order valence-corrected chi connectivity index (χ0v) is 13.4. The Morgan fingerprint density at radius 3 is 2.23 bits per heavy atom. The Labute approximate surface area is 135 Å². The summed E-state index contributed by atoms with van der Waals surface area (Å²) in [6.45, 7) is 4.66. The highest BCUT2D eigenvalue weighted by atomic mass is 35.5. The quantitative estimate of drug-likeness (QED) is 0.785. The highest BCUT2D eigenvalue weighted by Gasteiger charge is 2.14. The monoisotopic (exact) mass is 311 g/mol. The molecule has 112 valence electrons. The lowest BCUT2D eigenvalue weighted by molar-refractivity contribution is 0.832. The van der Waals surface area contributed by atoms with E-state index in [1.54, 1.807) is 0 Å². The molecule has 0 atom stereocenters. The molecule has 3 rings (SSSR count). The Hall–Kier alpha value is -2.10. The topological polar surface area (TPSA) is 43.8 Å². The number of hydrogen-bond acceptors (Lipinski definition) is 2. The van der Waals surface area contributed by atoms with Crippen molar-refractivity contribution in [1.29, 1.82) is 0 Å². The first-order valence-electron chi connectivity index (χ1n) is 7.21. The molecule has 2 aromatic carbocycles. The average Bonchev–Trinajstić information content (AvgIpc) is 2.83. The molecule has 0 unspecified atom stereocenters. The summed E-state index contributed by atoms with van der Waals surface area (Å²) in [4.78, 5) is 0. The van der Waals surface area contributed by atoms with Gasteiger partial charge in [0.15, 0.2) is 0 Å². The highest BCUT2D eigenvalue weighted by molar-refractivity contribution is 6.30. The van der Waals surface area contributed by atoms with Crippen LogP contribution in [0.15, 0.2) is 48.5 Å². The molecule has 0 radical (unpaired) electrons. The van der Waals surface area contributed by atoms with Crippen molar-refractivity contribution in [3.8, 4) is 16.8 Å². The minimum absolute atomic E-state index is 0.549. The van der Waals surface area contributed by atoms with E-state index in [9.17, 15) is 0 Å². The molecule has 3 nitrogen and oxygen atoms in total. The van der Waals surface area contributed by atoms with Crippen LogP contribution in [0.2, 0.25) is 5.02 Å². The van der Waals surface area contributed by atoms with Crippen LogP contribution in [0.5, 0.6) is 0 Å². The van der Waals surface area contributed by atoms with Crippen LogP contribution in [0.1, 0.15) is 17.0 Å².